The summed E-state index contributed by atoms with van der Waals surface area (Å²) in [5, 5.41) is 4.20. The molecule has 0 aromatic carbocycles. The monoisotopic (exact) mass is 376 g/mol. The van der Waals surface area contributed by atoms with Gasteiger partial charge in [-0.15, -0.1) is 0 Å². The Morgan fingerprint density at radius 2 is 1.85 bits per heavy atom. The molecule has 2 atom stereocenters. The van der Waals surface area contributed by atoms with E-state index in [-0.39, 0.29) is 11.0 Å². The summed E-state index contributed by atoms with van der Waals surface area (Å²) in [7, 11) is 1.71. The first kappa shape index (κ1) is 21.8. The van der Waals surface area contributed by atoms with Gasteiger partial charge in [-0.3, -0.25) is 4.79 Å². The first-order valence-electron chi connectivity index (χ1n) is 10.1. The lowest BCUT2D eigenvalue weighted by atomic mass is 9.59. The summed E-state index contributed by atoms with van der Waals surface area (Å²) >= 11 is 0. The minimum absolute atomic E-state index is 0.0258. The predicted octanol–water partition coefficient (Wildman–Crippen LogP) is 4.90. The van der Waals surface area contributed by atoms with E-state index in [2.05, 4.69) is 30.6 Å². The normalized spacial score (nSPS) is 30.2. The van der Waals surface area contributed by atoms with Crippen molar-refractivity contribution < 1.29 is 14.1 Å². The van der Waals surface area contributed by atoms with Gasteiger partial charge in [0.15, 0.2) is 5.82 Å². The standard InChI is InChI=1S/C17H24N2O2.C5H12O/c1-11-4-13-7-14(5-11)9-17(3,8-13)16-18-15(21-19-16)6-12(2)10-20;1-5(2,3)6-4/h10-11,13-14H,2,4-9H2,1,3H3;1-4H3. The van der Waals surface area contributed by atoms with E-state index in [1.165, 1.54) is 19.3 Å². The molecule has 27 heavy (non-hydrogen) atoms. The highest BCUT2D eigenvalue weighted by Gasteiger charge is 2.44. The van der Waals surface area contributed by atoms with Crippen molar-refractivity contribution >= 4 is 6.29 Å². The molecule has 2 bridgehead atoms. The average molecular weight is 377 g/mol. The van der Waals surface area contributed by atoms with Crippen LogP contribution < -0.4 is 0 Å². The molecule has 0 aliphatic heterocycles. The van der Waals surface area contributed by atoms with Crippen LogP contribution in [0.1, 0.15) is 78.4 Å². The number of methoxy groups -OCH3 is 1. The van der Waals surface area contributed by atoms with Crippen molar-refractivity contribution in [3.8, 4) is 0 Å². The van der Waals surface area contributed by atoms with Gasteiger partial charge in [0.05, 0.1) is 12.0 Å². The Morgan fingerprint density at radius 1 is 1.30 bits per heavy atom. The van der Waals surface area contributed by atoms with Crippen LogP contribution in [0.2, 0.25) is 0 Å². The summed E-state index contributed by atoms with van der Waals surface area (Å²) in [6.45, 7) is 14.4. The Morgan fingerprint density at radius 3 is 2.33 bits per heavy atom. The molecular formula is C22H36N2O3. The molecule has 0 radical (unpaired) electrons. The number of rotatable bonds is 4. The number of carbonyl (C=O) groups is 1. The topological polar surface area (TPSA) is 65.2 Å². The van der Waals surface area contributed by atoms with Crippen LogP contribution in [-0.4, -0.2) is 29.1 Å². The number of aldehydes is 1. The maximum absolute atomic E-state index is 10.7. The second-order valence-electron chi connectivity index (χ2n) is 9.79. The molecule has 1 aromatic heterocycles. The van der Waals surface area contributed by atoms with E-state index in [0.29, 0.717) is 17.9 Å². The number of carbonyl (C=O) groups excluding carboxylic acids is 1. The fraction of sp³-hybridized carbons (Fsp3) is 0.773. The summed E-state index contributed by atoms with van der Waals surface area (Å²) in [5.41, 5.74) is 0.544. The van der Waals surface area contributed by atoms with E-state index in [1.807, 2.05) is 20.8 Å². The Bertz CT molecular complexity index is 626. The first-order chi connectivity index (χ1) is 12.5. The number of allylic oxidation sites excluding steroid dienone is 1. The van der Waals surface area contributed by atoms with Gasteiger partial charge in [-0.1, -0.05) is 25.6 Å². The molecule has 152 valence electrons. The molecule has 2 unspecified atom stereocenters. The van der Waals surface area contributed by atoms with Crippen molar-refractivity contribution in [1.82, 2.24) is 10.1 Å². The van der Waals surface area contributed by atoms with Gasteiger partial charge in [0.1, 0.15) is 6.29 Å². The van der Waals surface area contributed by atoms with Gasteiger partial charge in [-0.2, -0.15) is 4.98 Å². The van der Waals surface area contributed by atoms with Crippen LogP contribution in [0.25, 0.3) is 0 Å². The molecule has 0 saturated heterocycles. The molecule has 0 spiro atoms. The molecule has 2 aliphatic carbocycles. The molecule has 1 aromatic rings. The summed E-state index contributed by atoms with van der Waals surface area (Å²) < 4.78 is 10.3. The number of fused-ring (bicyclic) bond motifs is 2. The zero-order valence-electron chi connectivity index (χ0n) is 17.9. The predicted molar refractivity (Wildman–Crippen MR) is 107 cm³/mol. The fourth-order valence-electron chi connectivity index (χ4n) is 4.58. The highest BCUT2D eigenvalue weighted by atomic mass is 16.5. The van der Waals surface area contributed by atoms with Crippen LogP contribution in [0.5, 0.6) is 0 Å². The van der Waals surface area contributed by atoms with Gasteiger partial charge >= 0.3 is 0 Å². The molecule has 5 heteroatoms. The van der Waals surface area contributed by atoms with Crippen LogP contribution >= 0.6 is 0 Å². The van der Waals surface area contributed by atoms with Crippen molar-refractivity contribution in [3.63, 3.8) is 0 Å². The number of hydrogen-bond acceptors (Lipinski definition) is 5. The zero-order valence-corrected chi connectivity index (χ0v) is 17.9. The van der Waals surface area contributed by atoms with Crippen LogP contribution in [0.4, 0.5) is 0 Å². The molecule has 1 heterocycles. The SMILES string of the molecule is C=C(C=O)Cc1nc(C2(C)CC3CC(C)CC(C3)C2)no1.COC(C)(C)C. The Hall–Kier alpha value is -1.49. The third-order valence-corrected chi connectivity index (χ3v) is 5.78. The molecule has 0 amide bonds. The number of ether oxygens (including phenoxy) is 1. The average Bonchev–Trinajstić information content (AvgIpc) is 3.02. The lowest BCUT2D eigenvalue weighted by Gasteiger charge is -2.45. The zero-order chi connectivity index (χ0) is 20.2. The van der Waals surface area contributed by atoms with E-state index in [1.54, 1.807) is 7.11 Å². The number of nitrogens with zero attached hydrogens (tertiary/aromatic N) is 2. The van der Waals surface area contributed by atoms with Gasteiger partial charge in [0.2, 0.25) is 5.89 Å². The summed E-state index contributed by atoms with van der Waals surface area (Å²) in [5.74, 6) is 3.77. The van der Waals surface area contributed by atoms with E-state index in [4.69, 9.17) is 9.26 Å². The Kier molecular flexibility index (Phi) is 7.01. The Balaban J connectivity index is 0.000000380. The highest BCUT2D eigenvalue weighted by Crippen LogP contribution is 2.50. The van der Waals surface area contributed by atoms with Crippen LogP contribution in [0.15, 0.2) is 16.7 Å². The van der Waals surface area contributed by atoms with E-state index >= 15 is 0 Å². The van der Waals surface area contributed by atoms with Gasteiger partial charge in [0, 0.05) is 12.5 Å². The van der Waals surface area contributed by atoms with Crippen molar-refractivity contribution in [1.29, 1.82) is 0 Å². The van der Waals surface area contributed by atoms with Crippen molar-refractivity contribution in [2.45, 2.75) is 84.2 Å². The quantitative estimate of drug-likeness (QED) is 0.552. The van der Waals surface area contributed by atoms with Gasteiger partial charge in [-0.25, -0.2) is 0 Å². The molecule has 2 saturated carbocycles. The molecular weight excluding hydrogens is 340 g/mol. The largest absolute Gasteiger partial charge is 0.379 e. The van der Waals surface area contributed by atoms with E-state index < -0.39 is 0 Å². The van der Waals surface area contributed by atoms with Crippen LogP contribution in [0, 0.1) is 17.8 Å². The fourth-order valence-corrected chi connectivity index (χ4v) is 4.58. The van der Waals surface area contributed by atoms with E-state index in [0.717, 1.165) is 42.7 Å². The lowest BCUT2D eigenvalue weighted by molar-refractivity contribution is -0.105. The smallest absolute Gasteiger partial charge is 0.231 e. The minimum Gasteiger partial charge on any atom is -0.379 e. The summed E-state index contributed by atoms with van der Waals surface area (Å²) in [4.78, 5) is 15.2. The van der Waals surface area contributed by atoms with Crippen LogP contribution in [0.3, 0.4) is 0 Å². The second kappa shape index (κ2) is 8.68. The first-order valence-corrected chi connectivity index (χ1v) is 10.1. The molecule has 2 aliphatic rings. The molecule has 5 nitrogen and oxygen atoms in total. The Labute approximate surface area is 163 Å². The second-order valence-corrected chi connectivity index (χ2v) is 9.79. The number of aromatic nitrogens is 2. The van der Waals surface area contributed by atoms with Gasteiger partial charge in [-0.05, 0) is 76.2 Å². The maximum atomic E-state index is 10.7. The summed E-state index contributed by atoms with van der Waals surface area (Å²) in [6, 6.07) is 0. The maximum Gasteiger partial charge on any atom is 0.231 e. The van der Waals surface area contributed by atoms with Crippen molar-refractivity contribution in [2.75, 3.05) is 7.11 Å². The van der Waals surface area contributed by atoms with Gasteiger partial charge < -0.3 is 9.26 Å². The van der Waals surface area contributed by atoms with Crippen LogP contribution in [-0.2, 0) is 21.4 Å². The molecule has 0 N–H and O–H groups in total. The molecule has 2 fully saturated rings. The highest BCUT2D eigenvalue weighted by molar-refractivity contribution is 5.72. The van der Waals surface area contributed by atoms with Crippen molar-refractivity contribution in [3.05, 3.63) is 23.9 Å². The minimum atomic E-state index is 0.0258. The van der Waals surface area contributed by atoms with Crippen molar-refractivity contribution in [2.24, 2.45) is 17.8 Å². The van der Waals surface area contributed by atoms with Gasteiger partial charge in [0.25, 0.3) is 0 Å². The molecule has 3 rings (SSSR count). The summed E-state index contributed by atoms with van der Waals surface area (Å²) in [6.07, 6.45) is 7.45. The van der Waals surface area contributed by atoms with E-state index in [9.17, 15) is 4.79 Å². The third-order valence-electron chi connectivity index (χ3n) is 5.78. The number of hydrogen-bond donors (Lipinski definition) is 0. The lowest BCUT2D eigenvalue weighted by Crippen LogP contribution is -2.39. The third kappa shape index (κ3) is 6.27.